The normalized spacial score (nSPS) is 10.3. The van der Waals surface area contributed by atoms with E-state index >= 15 is 0 Å². The number of nitrogens with one attached hydrogen (secondary N) is 1. The Kier molecular flexibility index (Phi) is 4.25. The first-order chi connectivity index (χ1) is 7.54. The third kappa shape index (κ3) is 3.20. The van der Waals surface area contributed by atoms with E-state index in [0.29, 0.717) is 5.69 Å². The van der Waals surface area contributed by atoms with Crippen LogP contribution >= 0.6 is 0 Å². The van der Waals surface area contributed by atoms with Crippen molar-refractivity contribution < 1.29 is 13.9 Å². The highest BCUT2D eigenvalue weighted by Crippen LogP contribution is 2.18. The van der Waals surface area contributed by atoms with Crippen molar-refractivity contribution in [2.45, 2.75) is 26.5 Å². The van der Waals surface area contributed by atoms with Crippen molar-refractivity contribution in [3.63, 3.8) is 0 Å². The molecule has 1 aromatic rings. The predicted molar refractivity (Wildman–Crippen MR) is 59.5 cm³/mol. The van der Waals surface area contributed by atoms with Crippen LogP contribution < -0.4 is 11.1 Å². The molecule has 1 amide bonds. The molecule has 0 fully saturated rings. The molecule has 0 aromatic heterocycles. The minimum atomic E-state index is -0.615. The molecular weight excluding hydrogens is 211 g/mol. The molecule has 1 rings (SSSR count). The van der Waals surface area contributed by atoms with Gasteiger partial charge in [-0.05, 0) is 26.0 Å². The van der Waals surface area contributed by atoms with E-state index in [4.69, 9.17) is 10.5 Å². The van der Waals surface area contributed by atoms with Gasteiger partial charge >= 0.3 is 6.09 Å². The second-order valence-corrected chi connectivity index (χ2v) is 3.55. The lowest BCUT2D eigenvalue weighted by atomic mass is 10.1. The summed E-state index contributed by atoms with van der Waals surface area (Å²) >= 11 is 0. The second-order valence-electron chi connectivity index (χ2n) is 3.55. The highest BCUT2D eigenvalue weighted by molar-refractivity contribution is 5.85. The van der Waals surface area contributed by atoms with E-state index < -0.39 is 11.9 Å². The summed E-state index contributed by atoms with van der Waals surface area (Å²) in [6.45, 7) is 3.48. The number of amides is 1. The molecule has 0 unspecified atom stereocenters. The lowest BCUT2D eigenvalue weighted by Crippen LogP contribution is -2.19. The van der Waals surface area contributed by atoms with E-state index in [2.05, 4.69) is 5.32 Å². The van der Waals surface area contributed by atoms with Crippen molar-refractivity contribution in [2.24, 2.45) is 5.73 Å². The zero-order chi connectivity index (χ0) is 12.1. The molecule has 1 aromatic carbocycles. The molecule has 4 nitrogen and oxygen atoms in total. The van der Waals surface area contributed by atoms with Crippen LogP contribution in [0.15, 0.2) is 18.2 Å². The molecular formula is C11H15FN2O2. The topological polar surface area (TPSA) is 64.3 Å². The van der Waals surface area contributed by atoms with Gasteiger partial charge in [-0.3, -0.25) is 5.32 Å². The summed E-state index contributed by atoms with van der Waals surface area (Å²) < 4.78 is 18.2. The Morgan fingerprint density at radius 3 is 2.81 bits per heavy atom. The maximum absolute atomic E-state index is 13.3. The van der Waals surface area contributed by atoms with Gasteiger partial charge in [-0.15, -0.1) is 0 Å². The first kappa shape index (κ1) is 12.4. The van der Waals surface area contributed by atoms with Gasteiger partial charge in [0.15, 0.2) is 0 Å². The number of nitrogens with two attached hydrogens (primary N) is 1. The van der Waals surface area contributed by atoms with Gasteiger partial charge in [-0.25, -0.2) is 9.18 Å². The number of anilines is 1. The summed E-state index contributed by atoms with van der Waals surface area (Å²) in [6.07, 6.45) is -0.842. The van der Waals surface area contributed by atoms with Gasteiger partial charge in [0.2, 0.25) is 0 Å². The second kappa shape index (κ2) is 5.46. The fraction of sp³-hybridized carbons (Fsp3) is 0.364. The number of benzene rings is 1. The first-order valence-corrected chi connectivity index (χ1v) is 4.99. The molecule has 0 spiro atoms. The van der Waals surface area contributed by atoms with E-state index in [0.717, 1.165) is 0 Å². The maximum Gasteiger partial charge on any atom is 0.411 e. The first-order valence-electron chi connectivity index (χ1n) is 4.99. The van der Waals surface area contributed by atoms with E-state index in [9.17, 15) is 9.18 Å². The van der Waals surface area contributed by atoms with Crippen LogP contribution in [0, 0.1) is 5.82 Å². The van der Waals surface area contributed by atoms with Crippen molar-refractivity contribution in [3.05, 3.63) is 29.6 Å². The molecule has 0 aliphatic rings. The molecule has 0 radical (unpaired) electrons. The van der Waals surface area contributed by atoms with E-state index in [1.54, 1.807) is 19.9 Å². The molecule has 0 bridgehead atoms. The Morgan fingerprint density at radius 1 is 1.56 bits per heavy atom. The van der Waals surface area contributed by atoms with Crippen LogP contribution in [0.25, 0.3) is 0 Å². The molecule has 0 atom stereocenters. The number of hydrogen-bond donors (Lipinski definition) is 2. The molecule has 5 heteroatoms. The van der Waals surface area contributed by atoms with Crippen molar-refractivity contribution in [1.82, 2.24) is 0 Å². The van der Waals surface area contributed by atoms with Crippen molar-refractivity contribution >= 4 is 11.8 Å². The summed E-state index contributed by atoms with van der Waals surface area (Å²) in [5.74, 6) is -0.440. The lowest BCUT2D eigenvalue weighted by molar-refractivity contribution is 0.130. The van der Waals surface area contributed by atoms with E-state index in [-0.39, 0.29) is 18.2 Å². The van der Waals surface area contributed by atoms with Crippen molar-refractivity contribution in [3.8, 4) is 0 Å². The van der Waals surface area contributed by atoms with Gasteiger partial charge in [0.25, 0.3) is 0 Å². The average molecular weight is 226 g/mol. The number of ether oxygens (including phenoxy) is 1. The Hall–Kier alpha value is -1.62. The van der Waals surface area contributed by atoms with Gasteiger partial charge in [-0.1, -0.05) is 6.07 Å². The van der Waals surface area contributed by atoms with E-state index in [1.165, 1.54) is 12.1 Å². The lowest BCUT2D eigenvalue weighted by Gasteiger charge is -2.12. The highest BCUT2D eigenvalue weighted by Gasteiger charge is 2.11. The Balaban J connectivity index is 2.81. The Morgan fingerprint density at radius 2 is 2.25 bits per heavy atom. The number of hydrogen-bond acceptors (Lipinski definition) is 3. The SMILES string of the molecule is CC(C)OC(=O)Nc1cccc(F)c1CN. The quantitative estimate of drug-likeness (QED) is 0.830. The van der Waals surface area contributed by atoms with Crippen LogP contribution in [0.1, 0.15) is 19.4 Å². The zero-order valence-electron chi connectivity index (χ0n) is 9.29. The Labute approximate surface area is 93.6 Å². The van der Waals surface area contributed by atoms with Gasteiger partial charge < -0.3 is 10.5 Å². The monoisotopic (exact) mass is 226 g/mol. The van der Waals surface area contributed by atoms with Crippen molar-refractivity contribution in [1.29, 1.82) is 0 Å². The largest absolute Gasteiger partial charge is 0.447 e. The molecule has 88 valence electrons. The van der Waals surface area contributed by atoms with Gasteiger partial charge in [-0.2, -0.15) is 0 Å². The molecule has 3 N–H and O–H groups in total. The predicted octanol–water partition coefficient (Wildman–Crippen LogP) is 2.24. The standard InChI is InChI=1S/C11H15FN2O2/c1-7(2)16-11(15)14-10-5-3-4-9(12)8(10)6-13/h3-5,7H,6,13H2,1-2H3,(H,14,15). The van der Waals surface area contributed by atoms with Crippen molar-refractivity contribution in [2.75, 3.05) is 5.32 Å². The Bertz CT molecular complexity index is 380. The average Bonchev–Trinajstić information content (AvgIpc) is 2.16. The molecule has 0 aliphatic carbocycles. The number of halogens is 1. The number of carbonyl (C=O) groups excluding carboxylic acids is 1. The van der Waals surface area contributed by atoms with Gasteiger partial charge in [0.1, 0.15) is 5.82 Å². The molecule has 0 saturated carbocycles. The third-order valence-electron chi connectivity index (χ3n) is 1.90. The maximum atomic E-state index is 13.3. The van der Waals surface area contributed by atoms with Crippen LogP contribution in [0.5, 0.6) is 0 Å². The minimum Gasteiger partial charge on any atom is -0.447 e. The van der Waals surface area contributed by atoms with Crippen LogP contribution in [-0.2, 0) is 11.3 Å². The van der Waals surface area contributed by atoms with Crippen LogP contribution in [0.2, 0.25) is 0 Å². The van der Waals surface area contributed by atoms with Crippen LogP contribution in [0.4, 0.5) is 14.9 Å². The number of rotatable bonds is 3. The summed E-state index contributed by atoms with van der Waals surface area (Å²) in [5.41, 5.74) is 6.00. The molecule has 0 heterocycles. The van der Waals surface area contributed by atoms with Gasteiger partial charge in [0.05, 0.1) is 11.8 Å². The molecule has 16 heavy (non-hydrogen) atoms. The highest BCUT2D eigenvalue weighted by atomic mass is 19.1. The summed E-state index contributed by atoms with van der Waals surface area (Å²) in [6, 6.07) is 4.37. The van der Waals surface area contributed by atoms with Gasteiger partial charge in [0, 0.05) is 12.1 Å². The molecule has 0 aliphatic heterocycles. The van der Waals surface area contributed by atoms with Crippen LogP contribution in [-0.4, -0.2) is 12.2 Å². The van der Waals surface area contributed by atoms with E-state index in [1.807, 2.05) is 0 Å². The smallest absolute Gasteiger partial charge is 0.411 e. The fourth-order valence-corrected chi connectivity index (χ4v) is 1.24. The fourth-order valence-electron chi connectivity index (χ4n) is 1.24. The third-order valence-corrected chi connectivity index (χ3v) is 1.90. The summed E-state index contributed by atoms with van der Waals surface area (Å²) in [7, 11) is 0. The number of carbonyl (C=O) groups is 1. The summed E-state index contributed by atoms with van der Waals surface area (Å²) in [4.78, 5) is 11.3. The van der Waals surface area contributed by atoms with Crippen LogP contribution in [0.3, 0.4) is 0 Å². The summed E-state index contributed by atoms with van der Waals surface area (Å²) in [5, 5.41) is 2.45. The molecule has 0 saturated heterocycles. The minimum absolute atomic E-state index is 0.0178. The zero-order valence-corrected chi connectivity index (χ0v) is 9.29.